The molecule has 0 saturated carbocycles. The largest absolute Gasteiger partial charge is 0.371 e. The number of benzene rings is 1. The predicted molar refractivity (Wildman–Crippen MR) is 67.1 cm³/mol. The molecule has 3 heteroatoms. The number of hydrogen-bond acceptors (Lipinski definition) is 3. The van der Waals surface area contributed by atoms with E-state index in [1.807, 2.05) is 30.3 Å². The normalized spacial score (nSPS) is 25.7. The van der Waals surface area contributed by atoms with Gasteiger partial charge in [0.2, 0.25) is 0 Å². The van der Waals surface area contributed by atoms with Crippen LogP contribution in [-0.4, -0.2) is 6.61 Å². The molecule has 1 fully saturated rings. The lowest BCUT2D eigenvalue weighted by Crippen LogP contribution is -2.39. The quantitative estimate of drug-likeness (QED) is 0.744. The maximum atomic E-state index is 9.47. The van der Waals surface area contributed by atoms with Gasteiger partial charge in [0.05, 0.1) is 12.1 Å². The molecule has 1 heterocycles. The SMILES string of the molecule is C=CC1CCOC(c2ccccc2)C1(C#N)C#N. The van der Waals surface area contributed by atoms with Crippen LogP contribution < -0.4 is 0 Å². The highest BCUT2D eigenvalue weighted by molar-refractivity contribution is 5.32. The first-order valence-electron chi connectivity index (χ1n) is 5.90. The third-order valence-corrected chi connectivity index (χ3v) is 3.47. The van der Waals surface area contributed by atoms with Crippen LogP contribution in [0.5, 0.6) is 0 Å². The Hall–Kier alpha value is -2.10. The highest BCUT2D eigenvalue weighted by Crippen LogP contribution is 2.47. The van der Waals surface area contributed by atoms with Gasteiger partial charge in [-0.1, -0.05) is 36.4 Å². The maximum Gasteiger partial charge on any atom is 0.180 e. The van der Waals surface area contributed by atoms with Crippen LogP contribution in [0, 0.1) is 34.0 Å². The monoisotopic (exact) mass is 238 g/mol. The smallest absolute Gasteiger partial charge is 0.180 e. The van der Waals surface area contributed by atoms with Crippen LogP contribution in [0.4, 0.5) is 0 Å². The van der Waals surface area contributed by atoms with Crippen molar-refractivity contribution in [1.82, 2.24) is 0 Å². The number of rotatable bonds is 2. The molecule has 1 aromatic rings. The van der Waals surface area contributed by atoms with Crippen LogP contribution in [0.15, 0.2) is 43.0 Å². The summed E-state index contributed by atoms with van der Waals surface area (Å²) < 4.78 is 5.70. The van der Waals surface area contributed by atoms with Crippen LogP contribution in [0.3, 0.4) is 0 Å². The number of nitriles is 2. The molecule has 0 radical (unpaired) electrons. The molecule has 0 N–H and O–H groups in total. The van der Waals surface area contributed by atoms with Crippen LogP contribution >= 0.6 is 0 Å². The first-order valence-corrected chi connectivity index (χ1v) is 5.90. The first-order chi connectivity index (χ1) is 8.78. The zero-order valence-electron chi connectivity index (χ0n) is 10.0. The number of ether oxygens (including phenoxy) is 1. The summed E-state index contributed by atoms with van der Waals surface area (Å²) in [5.41, 5.74) is -0.311. The van der Waals surface area contributed by atoms with E-state index in [4.69, 9.17) is 4.74 Å². The molecule has 1 aliphatic rings. The molecule has 2 unspecified atom stereocenters. The zero-order valence-corrected chi connectivity index (χ0v) is 10.0. The summed E-state index contributed by atoms with van der Waals surface area (Å²) in [5, 5.41) is 18.9. The van der Waals surface area contributed by atoms with Crippen LogP contribution in [-0.2, 0) is 4.74 Å². The van der Waals surface area contributed by atoms with Crippen LogP contribution in [0.1, 0.15) is 18.1 Å². The molecular formula is C15H14N2O. The van der Waals surface area contributed by atoms with E-state index in [0.717, 1.165) is 5.56 Å². The zero-order chi connectivity index (χ0) is 13.0. The van der Waals surface area contributed by atoms with Gasteiger partial charge in [0.1, 0.15) is 6.10 Å². The molecule has 2 rings (SSSR count). The summed E-state index contributed by atoms with van der Waals surface area (Å²) >= 11 is 0. The highest BCUT2D eigenvalue weighted by atomic mass is 16.5. The van der Waals surface area contributed by atoms with Gasteiger partial charge in [0, 0.05) is 12.5 Å². The third-order valence-electron chi connectivity index (χ3n) is 3.47. The van der Waals surface area contributed by atoms with E-state index in [-0.39, 0.29) is 5.92 Å². The van der Waals surface area contributed by atoms with E-state index in [1.165, 1.54) is 0 Å². The number of nitrogens with zero attached hydrogens (tertiary/aromatic N) is 2. The van der Waals surface area contributed by atoms with Crippen molar-refractivity contribution in [3.63, 3.8) is 0 Å². The Bertz CT molecular complexity index is 496. The molecule has 18 heavy (non-hydrogen) atoms. The van der Waals surface area contributed by atoms with E-state index in [1.54, 1.807) is 6.08 Å². The molecule has 0 bridgehead atoms. The molecule has 0 aromatic heterocycles. The lowest BCUT2D eigenvalue weighted by atomic mass is 9.68. The lowest BCUT2D eigenvalue weighted by molar-refractivity contribution is -0.0577. The lowest BCUT2D eigenvalue weighted by Gasteiger charge is -2.38. The first kappa shape index (κ1) is 12.4. The molecule has 90 valence electrons. The molecule has 0 amide bonds. The summed E-state index contributed by atoms with van der Waals surface area (Å²) in [6.07, 6.45) is 1.85. The van der Waals surface area contributed by atoms with Crippen molar-refractivity contribution >= 4 is 0 Å². The van der Waals surface area contributed by atoms with Crippen molar-refractivity contribution in [2.75, 3.05) is 6.61 Å². The van der Waals surface area contributed by atoms with Crippen LogP contribution in [0.2, 0.25) is 0 Å². The predicted octanol–water partition coefficient (Wildman–Crippen LogP) is 2.98. The molecule has 1 aromatic carbocycles. The Morgan fingerprint density at radius 2 is 1.94 bits per heavy atom. The Balaban J connectivity index is 2.49. The third kappa shape index (κ3) is 1.79. The fraction of sp³-hybridized carbons (Fsp3) is 0.333. The Morgan fingerprint density at radius 3 is 2.50 bits per heavy atom. The number of allylic oxidation sites excluding steroid dienone is 1. The van der Waals surface area contributed by atoms with Crippen molar-refractivity contribution < 1.29 is 4.74 Å². The van der Waals surface area contributed by atoms with E-state index in [9.17, 15) is 10.5 Å². The maximum absolute atomic E-state index is 9.47. The van der Waals surface area contributed by atoms with Gasteiger partial charge in [-0.05, 0) is 12.0 Å². The molecule has 0 spiro atoms. The van der Waals surface area contributed by atoms with Crippen LogP contribution in [0.25, 0.3) is 0 Å². The second kappa shape index (κ2) is 5.04. The standard InChI is InChI=1S/C15H14N2O/c1-2-13-8-9-18-14(15(13,10-16)11-17)12-6-4-3-5-7-12/h2-7,13-14H,1,8-9H2. The highest BCUT2D eigenvalue weighted by Gasteiger charge is 2.49. The fourth-order valence-electron chi connectivity index (χ4n) is 2.47. The minimum Gasteiger partial charge on any atom is -0.371 e. The molecule has 1 aliphatic heterocycles. The summed E-state index contributed by atoms with van der Waals surface area (Å²) in [7, 11) is 0. The van der Waals surface area contributed by atoms with E-state index >= 15 is 0 Å². The summed E-state index contributed by atoms with van der Waals surface area (Å²) in [6, 6.07) is 13.8. The van der Waals surface area contributed by atoms with Gasteiger partial charge < -0.3 is 4.74 Å². The van der Waals surface area contributed by atoms with Gasteiger partial charge in [0.15, 0.2) is 5.41 Å². The van der Waals surface area contributed by atoms with Gasteiger partial charge in [-0.15, -0.1) is 6.58 Å². The van der Waals surface area contributed by atoms with E-state index in [2.05, 4.69) is 18.7 Å². The van der Waals surface area contributed by atoms with Crippen molar-refractivity contribution in [2.24, 2.45) is 11.3 Å². The summed E-state index contributed by atoms with van der Waals surface area (Å²) in [5.74, 6) is -0.161. The fourth-order valence-corrected chi connectivity index (χ4v) is 2.47. The van der Waals surface area contributed by atoms with E-state index < -0.39 is 11.5 Å². The van der Waals surface area contributed by atoms with Crippen molar-refractivity contribution in [3.8, 4) is 12.1 Å². The van der Waals surface area contributed by atoms with Gasteiger partial charge >= 0.3 is 0 Å². The molecule has 1 saturated heterocycles. The topological polar surface area (TPSA) is 56.8 Å². The van der Waals surface area contributed by atoms with E-state index in [0.29, 0.717) is 13.0 Å². The van der Waals surface area contributed by atoms with Gasteiger partial charge in [0.25, 0.3) is 0 Å². The van der Waals surface area contributed by atoms with Gasteiger partial charge in [-0.2, -0.15) is 10.5 Å². The molecule has 0 aliphatic carbocycles. The minimum atomic E-state index is -1.18. The number of hydrogen-bond donors (Lipinski definition) is 0. The van der Waals surface area contributed by atoms with Gasteiger partial charge in [-0.3, -0.25) is 0 Å². The minimum absolute atomic E-state index is 0.161. The summed E-state index contributed by atoms with van der Waals surface area (Å²) in [6.45, 7) is 4.29. The van der Waals surface area contributed by atoms with Gasteiger partial charge in [-0.25, -0.2) is 0 Å². The second-order valence-electron chi connectivity index (χ2n) is 4.39. The van der Waals surface area contributed by atoms with Crippen molar-refractivity contribution in [3.05, 3.63) is 48.6 Å². The Morgan fingerprint density at radius 1 is 1.28 bits per heavy atom. The Kier molecular flexibility index (Phi) is 3.46. The summed E-state index contributed by atoms with van der Waals surface area (Å²) in [4.78, 5) is 0. The molecule has 3 nitrogen and oxygen atoms in total. The average Bonchev–Trinajstić information content (AvgIpc) is 2.47. The second-order valence-corrected chi connectivity index (χ2v) is 4.39. The Labute approximate surface area is 107 Å². The molecule has 2 atom stereocenters. The average molecular weight is 238 g/mol. The molecular weight excluding hydrogens is 224 g/mol. The van der Waals surface area contributed by atoms with Crippen molar-refractivity contribution in [2.45, 2.75) is 12.5 Å². The van der Waals surface area contributed by atoms with Crippen molar-refractivity contribution in [1.29, 1.82) is 10.5 Å².